The molecule has 1 saturated heterocycles. The first-order chi connectivity index (χ1) is 8.26. The van der Waals surface area contributed by atoms with Crippen LogP contribution in [0.4, 0.5) is 0 Å². The summed E-state index contributed by atoms with van der Waals surface area (Å²) in [7, 11) is 0. The molecule has 3 heteroatoms. The van der Waals surface area contributed by atoms with Gasteiger partial charge in [-0.2, -0.15) is 0 Å². The number of hydrogen-bond donors (Lipinski definition) is 1. The molecule has 0 aromatic heterocycles. The van der Waals surface area contributed by atoms with Crippen molar-refractivity contribution >= 4 is 5.78 Å². The number of ether oxygens (including phenoxy) is 1. The van der Waals surface area contributed by atoms with E-state index in [1.807, 2.05) is 0 Å². The van der Waals surface area contributed by atoms with Crippen LogP contribution < -0.4 is 5.73 Å². The fourth-order valence-corrected chi connectivity index (χ4v) is 2.53. The van der Waals surface area contributed by atoms with Crippen LogP contribution in [0.15, 0.2) is 0 Å². The van der Waals surface area contributed by atoms with Crippen LogP contribution >= 0.6 is 0 Å². The number of rotatable bonds is 8. The average Bonchev–Trinajstić information content (AvgIpc) is 2.35. The van der Waals surface area contributed by atoms with Crippen LogP contribution in [0.5, 0.6) is 0 Å². The molecule has 0 amide bonds. The van der Waals surface area contributed by atoms with Crippen LogP contribution in [0, 0.1) is 11.8 Å². The highest BCUT2D eigenvalue weighted by molar-refractivity contribution is 5.78. The molecule has 0 aromatic rings. The van der Waals surface area contributed by atoms with E-state index in [0.717, 1.165) is 64.7 Å². The van der Waals surface area contributed by atoms with Gasteiger partial charge in [-0.25, -0.2) is 0 Å². The molecular formula is C14H27NO2. The first-order valence-corrected chi connectivity index (χ1v) is 7.05. The van der Waals surface area contributed by atoms with Crippen LogP contribution in [-0.4, -0.2) is 25.5 Å². The highest BCUT2D eigenvalue weighted by Crippen LogP contribution is 2.21. The molecule has 0 spiro atoms. The molecule has 1 aliphatic rings. The minimum atomic E-state index is 0.437. The lowest BCUT2D eigenvalue weighted by Crippen LogP contribution is -2.19. The van der Waals surface area contributed by atoms with Crippen molar-refractivity contribution in [1.82, 2.24) is 0 Å². The molecule has 17 heavy (non-hydrogen) atoms. The molecule has 1 atom stereocenters. The monoisotopic (exact) mass is 241 g/mol. The third kappa shape index (κ3) is 6.18. The summed E-state index contributed by atoms with van der Waals surface area (Å²) in [4.78, 5) is 11.9. The molecule has 0 aliphatic carbocycles. The quantitative estimate of drug-likeness (QED) is 0.710. The van der Waals surface area contributed by atoms with Gasteiger partial charge < -0.3 is 10.5 Å². The molecule has 0 aromatic carbocycles. The summed E-state index contributed by atoms with van der Waals surface area (Å²) in [5.41, 5.74) is 5.56. The Kier molecular flexibility index (Phi) is 7.45. The molecule has 0 bridgehead atoms. The first kappa shape index (κ1) is 14.7. The summed E-state index contributed by atoms with van der Waals surface area (Å²) in [6, 6.07) is 0. The van der Waals surface area contributed by atoms with Crippen molar-refractivity contribution in [2.75, 3.05) is 19.8 Å². The second-order valence-corrected chi connectivity index (χ2v) is 5.19. The fourth-order valence-electron chi connectivity index (χ4n) is 2.53. The van der Waals surface area contributed by atoms with Gasteiger partial charge in [-0.05, 0) is 44.1 Å². The Morgan fingerprint density at radius 3 is 2.65 bits per heavy atom. The number of Topliss-reactive ketones (excluding diaryl/α,β-unsaturated/α-hetero) is 1. The summed E-state index contributed by atoms with van der Waals surface area (Å²) in [5.74, 6) is 1.65. The number of carbonyl (C=O) groups excluding carboxylic acids is 1. The Morgan fingerprint density at radius 1 is 1.35 bits per heavy atom. The van der Waals surface area contributed by atoms with Gasteiger partial charge in [-0.1, -0.05) is 13.3 Å². The van der Waals surface area contributed by atoms with Gasteiger partial charge in [0, 0.05) is 26.1 Å². The van der Waals surface area contributed by atoms with Crippen molar-refractivity contribution in [2.24, 2.45) is 17.6 Å². The van der Waals surface area contributed by atoms with Crippen molar-refractivity contribution in [3.8, 4) is 0 Å². The minimum absolute atomic E-state index is 0.437. The summed E-state index contributed by atoms with van der Waals surface area (Å²) in [6.45, 7) is 4.60. The lowest BCUT2D eigenvalue weighted by atomic mass is 9.90. The topological polar surface area (TPSA) is 52.3 Å². The Bertz CT molecular complexity index is 212. The van der Waals surface area contributed by atoms with E-state index in [-0.39, 0.29) is 0 Å². The molecule has 1 unspecified atom stereocenters. The van der Waals surface area contributed by atoms with Gasteiger partial charge in [0.1, 0.15) is 5.78 Å². The maximum absolute atomic E-state index is 11.9. The van der Waals surface area contributed by atoms with Crippen LogP contribution in [0.2, 0.25) is 0 Å². The molecule has 3 nitrogen and oxygen atoms in total. The first-order valence-electron chi connectivity index (χ1n) is 7.05. The van der Waals surface area contributed by atoms with Gasteiger partial charge in [-0.15, -0.1) is 0 Å². The van der Waals surface area contributed by atoms with E-state index in [1.165, 1.54) is 0 Å². The zero-order valence-corrected chi connectivity index (χ0v) is 11.1. The molecule has 1 aliphatic heterocycles. The molecule has 2 N–H and O–H groups in total. The lowest BCUT2D eigenvalue weighted by molar-refractivity contribution is -0.120. The maximum Gasteiger partial charge on any atom is 0.133 e. The van der Waals surface area contributed by atoms with Crippen LogP contribution in [0.1, 0.15) is 51.9 Å². The predicted octanol–water partition coefficient (Wildman–Crippen LogP) is 2.53. The van der Waals surface area contributed by atoms with Gasteiger partial charge in [0.05, 0.1) is 0 Å². The molecular weight excluding hydrogens is 214 g/mol. The van der Waals surface area contributed by atoms with Gasteiger partial charge in [-0.3, -0.25) is 4.79 Å². The van der Waals surface area contributed by atoms with Gasteiger partial charge in [0.25, 0.3) is 0 Å². The fraction of sp³-hybridized carbons (Fsp3) is 0.929. The van der Waals surface area contributed by atoms with E-state index in [0.29, 0.717) is 17.6 Å². The largest absolute Gasteiger partial charge is 0.381 e. The number of carbonyl (C=O) groups is 1. The second-order valence-electron chi connectivity index (χ2n) is 5.19. The van der Waals surface area contributed by atoms with Crippen molar-refractivity contribution in [3.63, 3.8) is 0 Å². The molecule has 0 radical (unpaired) electrons. The summed E-state index contributed by atoms with van der Waals surface area (Å²) in [5, 5.41) is 0. The minimum Gasteiger partial charge on any atom is -0.381 e. The standard InChI is InChI=1S/C14H27NO2/c1-2-12(5-8-15)3-4-14(16)11-13-6-9-17-10-7-13/h12-13H,2-11,15H2,1H3. The molecule has 1 fully saturated rings. The lowest BCUT2D eigenvalue weighted by Gasteiger charge is -2.21. The van der Waals surface area contributed by atoms with Crippen LogP contribution in [0.25, 0.3) is 0 Å². The van der Waals surface area contributed by atoms with Crippen molar-refractivity contribution in [2.45, 2.75) is 51.9 Å². The van der Waals surface area contributed by atoms with Crippen molar-refractivity contribution in [1.29, 1.82) is 0 Å². The predicted molar refractivity (Wildman–Crippen MR) is 69.9 cm³/mol. The Balaban J connectivity index is 2.14. The van der Waals surface area contributed by atoms with E-state index in [1.54, 1.807) is 0 Å². The van der Waals surface area contributed by atoms with E-state index >= 15 is 0 Å². The smallest absolute Gasteiger partial charge is 0.133 e. The van der Waals surface area contributed by atoms with Crippen molar-refractivity contribution in [3.05, 3.63) is 0 Å². The van der Waals surface area contributed by atoms with Crippen LogP contribution in [-0.2, 0) is 9.53 Å². The van der Waals surface area contributed by atoms with E-state index in [4.69, 9.17) is 10.5 Å². The second kappa shape index (κ2) is 8.65. The summed E-state index contributed by atoms with van der Waals surface area (Å²) < 4.78 is 5.30. The molecule has 0 saturated carbocycles. The zero-order valence-electron chi connectivity index (χ0n) is 11.1. The Hall–Kier alpha value is -0.410. The van der Waals surface area contributed by atoms with E-state index in [2.05, 4.69) is 6.92 Å². The SMILES string of the molecule is CCC(CCN)CCC(=O)CC1CCOCC1. The summed E-state index contributed by atoms with van der Waals surface area (Å²) in [6.07, 6.45) is 6.86. The number of ketones is 1. The average molecular weight is 241 g/mol. The normalized spacial score (nSPS) is 19.2. The highest BCUT2D eigenvalue weighted by atomic mass is 16.5. The highest BCUT2D eigenvalue weighted by Gasteiger charge is 2.18. The maximum atomic E-state index is 11.9. The van der Waals surface area contributed by atoms with Crippen molar-refractivity contribution < 1.29 is 9.53 Å². The molecule has 1 heterocycles. The van der Waals surface area contributed by atoms with Gasteiger partial charge in [0.2, 0.25) is 0 Å². The van der Waals surface area contributed by atoms with E-state index < -0.39 is 0 Å². The zero-order chi connectivity index (χ0) is 12.5. The third-order valence-corrected chi connectivity index (χ3v) is 3.84. The van der Waals surface area contributed by atoms with E-state index in [9.17, 15) is 4.79 Å². The number of nitrogens with two attached hydrogens (primary N) is 1. The molecule has 100 valence electrons. The van der Waals surface area contributed by atoms with Crippen LogP contribution in [0.3, 0.4) is 0 Å². The summed E-state index contributed by atoms with van der Waals surface area (Å²) >= 11 is 0. The van der Waals surface area contributed by atoms with Gasteiger partial charge in [0.15, 0.2) is 0 Å². The third-order valence-electron chi connectivity index (χ3n) is 3.84. The Labute approximate surface area is 105 Å². The van der Waals surface area contributed by atoms with Gasteiger partial charge >= 0.3 is 0 Å². The Morgan fingerprint density at radius 2 is 2.06 bits per heavy atom. The number of hydrogen-bond acceptors (Lipinski definition) is 3. The molecule has 1 rings (SSSR count).